The Morgan fingerprint density at radius 2 is 2.00 bits per heavy atom. The van der Waals surface area contributed by atoms with Crippen LogP contribution < -0.4 is 4.90 Å². The van der Waals surface area contributed by atoms with Gasteiger partial charge in [-0.15, -0.1) is 23.4 Å². The third-order valence-electron chi connectivity index (χ3n) is 4.73. The first-order chi connectivity index (χ1) is 11.9. The lowest BCUT2D eigenvalue weighted by molar-refractivity contribution is -0.138. The minimum absolute atomic E-state index is 0.146. The van der Waals surface area contributed by atoms with Crippen molar-refractivity contribution in [3.8, 4) is 0 Å². The van der Waals surface area contributed by atoms with Gasteiger partial charge in [-0.2, -0.15) is 0 Å². The summed E-state index contributed by atoms with van der Waals surface area (Å²) in [5.41, 5.74) is 0.318. The maximum Gasteiger partial charge on any atom is 0.317 e. The van der Waals surface area contributed by atoms with E-state index in [9.17, 15) is 19.1 Å². The molecule has 128 valence electrons. The second kappa shape index (κ2) is 5.75. The first-order valence-electron chi connectivity index (χ1n) is 7.68. The number of nitrogens with zero attached hydrogens (tertiary/aromatic N) is 1. The van der Waals surface area contributed by atoms with Gasteiger partial charge in [0.15, 0.2) is 0 Å². The van der Waals surface area contributed by atoms with Crippen LogP contribution in [0.3, 0.4) is 0 Å². The molecule has 25 heavy (non-hydrogen) atoms. The minimum Gasteiger partial charge on any atom is -0.480 e. The number of β-lactam (4-membered cyclic amide) rings is 1. The highest BCUT2D eigenvalue weighted by atomic mass is 35.5. The van der Waals surface area contributed by atoms with Gasteiger partial charge < -0.3 is 5.11 Å². The molecule has 2 aliphatic heterocycles. The molecule has 2 aromatic rings. The average Bonchev–Trinajstić information content (AvgIpc) is 2.75. The molecule has 3 atom stereocenters. The molecule has 0 spiro atoms. The van der Waals surface area contributed by atoms with Crippen molar-refractivity contribution in [2.45, 2.75) is 27.5 Å². The first-order valence-corrected chi connectivity index (χ1v) is 8.99. The van der Waals surface area contributed by atoms with Gasteiger partial charge in [0.05, 0.1) is 11.2 Å². The van der Waals surface area contributed by atoms with Gasteiger partial charge in [0, 0.05) is 11.3 Å². The molecule has 2 heterocycles. The van der Waals surface area contributed by atoms with Gasteiger partial charge >= 0.3 is 5.97 Å². The molecule has 1 N–H and O–H groups in total. The second-order valence-electron chi connectivity index (χ2n) is 6.09. The van der Waals surface area contributed by atoms with Crippen LogP contribution >= 0.6 is 23.4 Å². The number of thioether (sulfide) groups is 1. The fourth-order valence-corrected chi connectivity index (χ4v) is 5.21. The number of alkyl halides is 1. The lowest BCUT2D eigenvalue weighted by Crippen LogP contribution is -2.71. The summed E-state index contributed by atoms with van der Waals surface area (Å²) in [4.78, 5) is 26.3. The van der Waals surface area contributed by atoms with E-state index >= 15 is 0 Å². The average molecular weight is 378 g/mol. The van der Waals surface area contributed by atoms with E-state index in [1.807, 2.05) is 30.3 Å². The van der Waals surface area contributed by atoms with Gasteiger partial charge in [-0.1, -0.05) is 30.3 Å². The molecule has 0 saturated carbocycles. The number of hydrogen-bond acceptors (Lipinski definition) is 3. The number of aliphatic carboxylic acids is 1. The molecule has 3 unspecified atom stereocenters. The largest absolute Gasteiger partial charge is 0.480 e. The molecule has 2 aromatic carbocycles. The lowest BCUT2D eigenvalue weighted by atomic mass is 9.73. The van der Waals surface area contributed by atoms with Crippen LogP contribution in [0.4, 0.5) is 10.1 Å². The van der Waals surface area contributed by atoms with Crippen molar-refractivity contribution in [3.05, 3.63) is 59.9 Å². The summed E-state index contributed by atoms with van der Waals surface area (Å²) < 4.78 is 13.7. The normalized spacial score (nSPS) is 27.8. The molecule has 7 heteroatoms. The van der Waals surface area contributed by atoms with E-state index in [0.717, 1.165) is 17.3 Å². The lowest BCUT2D eigenvalue weighted by Gasteiger charge is -2.55. The monoisotopic (exact) mass is 377 g/mol. The molecule has 2 aliphatic rings. The quantitative estimate of drug-likeness (QED) is 0.641. The van der Waals surface area contributed by atoms with Crippen molar-refractivity contribution in [3.63, 3.8) is 0 Å². The van der Waals surface area contributed by atoms with Crippen molar-refractivity contribution in [1.29, 1.82) is 0 Å². The van der Waals surface area contributed by atoms with Crippen LogP contribution in [0.2, 0.25) is 0 Å². The Hall–Kier alpha value is -2.05. The van der Waals surface area contributed by atoms with Crippen molar-refractivity contribution in [2.24, 2.45) is 0 Å². The maximum absolute atomic E-state index is 13.7. The molecule has 1 saturated heterocycles. The van der Waals surface area contributed by atoms with E-state index in [0.29, 0.717) is 10.6 Å². The van der Waals surface area contributed by atoms with E-state index < -0.39 is 28.0 Å². The highest BCUT2D eigenvalue weighted by Gasteiger charge is 2.63. The Morgan fingerprint density at radius 3 is 2.68 bits per heavy atom. The van der Waals surface area contributed by atoms with Gasteiger partial charge in [-0.3, -0.25) is 14.5 Å². The Balaban J connectivity index is 1.96. The molecule has 4 nitrogen and oxygen atoms in total. The first kappa shape index (κ1) is 16.4. The highest BCUT2D eigenvalue weighted by molar-refractivity contribution is 8.00. The number of carboxylic acids is 1. The zero-order chi connectivity index (χ0) is 17.8. The molecule has 0 aromatic heterocycles. The summed E-state index contributed by atoms with van der Waals surface area (Å²) in [6.45, 7) is 0. The Bertz CT molecular complexity index is 878. The zero-order valence-electron chi connectivity index (χ0n) is 12.9. The number of anilines is 1. The molecule has 4 rings (SSSR count). The summed E-state index contributed by atoms with van der Waals surface area (Å²) in [7, 11) is 0. The van der Waals surface area contributed by atoms with Crippen LogP contribution in [0.15, 0.2) is 53.4 Å². The summed E-state index contributed by atoms with van der Waals surface area (Å²) >= 11 is 7.49. The fraction of sp³-hybridized carbons (Fsp3) is 0.222. The van der Waals surface area contributed by atoms with E-state index in [-0.39, 0.29) is 12.3 Å². The summed E-state index contributed by atoms with van der Waals surface area (Å²) in [5, 5.41) is 7.92. The molecular formula is C18H13ClFNO3S. The SMILES string of the molecule is O=C(O)C1CC2(c3ccccc3)C(Cl)C(=O)N2c2ccc(F)cc2S1. The summed E-state index contributed by atoms with van der Waals surface area (Å²) in [6.07, 6.45) is 0.146. The fourth-order valence-electron chi connectivity index (χ4n) is 3.59. The number of carboxylic acid groups (broad SMARTS) is 1. The number of benzene rings is 2. The van der Waals surface area contributed by atoms with Gasteiger partial charge in [-0.25, -0.2) is 4.39 Å². The van der Waals surface area contributed by atoms with Gasteiger partial charge in [0.25, 0.3) is 0 Å². The van der Waals surface area contributed by atoms with Crippen LogP contribution in [0.1, 0.15) is 12.0 Å². The number of fused-ring (bicyclic) bond motifs is 3. The molecule has 0 aliphatic carbocycles. The number of hydrogen-bond donors (Lipinski definition) is 1. The zero-order valence-corrected chi connectivity index (χ0v) is 14.4. The number of rotatable bonds is 2. The van der Waals surface area contributed by atoms with Crippen LogP contribution in [-0.2, 0) is 15.1 Å². The van der Waals surface area contributed by atoms with Gasteiger partial charge in [-0.05, 0) is 23.8 Å². The molecular weight excluding hydrogens is 365 g/mol. The minimum atomic E-state index is -1.01. The van der Waals surface area contributed by atoms with Crippen molar-refractivity contribution >= 4 is 40.9 Å². The summed E-state index contributed by atoms with van der Waals surface area (Å²) in [5.74, 6) is -1.79. The molecule has 0 bridgehead atoms. The van der Waals surface area contributed by atoms with Crippen molar-refractivity contribution < 1.29 is 19.1 Å². The number of halogens is 2. The third kappa shape index (κ3) is 2.28. The predicted molar refractivity (Wildman–Crippen MR) is 93.5 cm³/mol. The van der Waals surface area contributed by atoms with Crippen LogP contribution in [-0.4, -0.2) is 27.6 Å². The van der Waals surface area contributed by atoms with E-state index in [2.05, 4.69) is 0 Å². The molecule has 0 radical (unpaired) electrons. The third-order valence-corrected chi connectivity index (χ3v) is 6.51. The van der Waals surface area contributed by atoms with Crippen molar-refractivity contribution in [2.75, 3.05) is 4.90 Å². The Morgan fingerprint density at radius 1 is 1.28 bits per heavy atom. The highest BCUT2D eigenvalue weighted by Crippen LogP contribution is 2.56. The topological polar surface area (TPSA) is 57.6 Å². The number of amides is 1. The predicted octanol–water partition coefficient (Wildman–Crippen LogP) is 3.62. The summed E-state index contributed by atoms with van der Waals surface area (Å²) in [6, 6.07) is 13.2. The van der Waals surface area contributed by atoms with Crippen LogP contribution in [0.25, 0.3) is 0 Å². The second-order valence-corrected chi connectivity index (χ2v) is 7.77. The Kier molecular flexibility index (Phi) is 3.77. The number of carbonyl (C=O) groups is 2. The maximum atomic E-state index is 13.7. The van der Waals surface area contributed by atoms with Gasteiger partial charge in [0.2, 0.25) is 5.91 Å². The smallest absolute Gasteiger partial charge is 0.317 e. The molecule has 1 fully saturated rings. The van der Waals surface area contributed by atoms with Crippen molar-refractivity contribution in [1.82, 2.24) is 0 Å². The molecule has 1 amide bonds. The van der Waals surface area contributed by atoms with Gasteiger partial charge in [0.1, 0.15) is 16.4 Å². The van der Waals surface area contributed by atoms with Crippen LogP contribution in [0.5, 0.6) is 0 Å². The standard InChI is InChI=1S/C18H13ClFNO3S/c19-15-16(22)21-12-7-6-11(20)8-13(12)25-14(17(23)24)9-18(15,21)10-4-2-1-3-5-10/h1-8,14-15H,9H2,(H,23,24). The van der Waals surface area contributed by atoms with Crippen LogP contribution in [0, 0.1) is 5.82 Å². The van der Waals surface area contributed by atoms with E-state index in [1.54, 1.807) is 0 Å². The number of carbonyl (C=O) groups excluding carboxylic acids is 1. The Labute approximate surface area is 152 Å². The van der Waals surface area contributed by atoms with E-state index in [1.165, 1.54) is 23.1 Å². The van der Waals surface area contributed by atoms with E-state index in [4.69, 9.17) is 11.6 Å².